The SMILES string of the molecule is CCc1ccccc1N1C(=NC(=O)CC(CC)c2ccc(-c3ncn(-c4ccc(OC(F)(F)F)cc4)n3)cc2)SCCC1C. The number of amidine groups is 1. The molecule has 1 fully saturated rings. The molecule has 1 aliphatic heterocycles. The zero-order valence-electron chi connectivity index (χ0n) is 24.8. The fourth-order valence-electron chi connectivity index (χ4n) is 5.27. The summed E-state index contributed by atoms with van der Waals surface area (Å²) in [5, 5.41) is 5.24. The number of halogens is 3. The molecule has 1 aliphatic rings. The van der Waals surface area contributed by atoms with E-state index >= 15 is 0 Å². The average Bonchev–Trinajstić information content (AvgIpc) is 3.50. The zero-order valence-corrected chi connectivity index (χ0v) is 25.6. The van der Waals surface area contributed by atoms with Gasteiger partial charge >= 0.3 is 6.36 Å². The summed E-state index contributed by atoms with van der Waals surface area (Å²) in [6, 6.07) is 21.8. The van der Waals surface area contributed by atoms with E-state index < -0.39 is 6.36 Å². The minimum absolute atomic E-state index is 0.00578. The Labute approximate surface area is 259 Å². The molecule has 3 aromatic carbocycles. The second-order valence-corrected chi connectivity index (χ2v) is 11.7. The average molecular weight is 622 g/mol. The number of benzene rings is 3. The largest absolute Gasteiger partial charge is 0.573 e. The van der Waals surface area contributed by atoms with E-state index in [1.165, 1.54) is 40.8 Å². The molecule has 2 atom stereocenters. The van der Waals surface area contributed by atoms with Crippen LogP contribution in [-0.4, -0.2) is 44.0 Å². The number of alkyl halides is 3. The molecule has 2 unspecified atom stereocenters. The minimum atomic E-state index is -4.75. The lowest BCUT2D eigenvalue weighted by Crippen LogP contribution is -2.42. The maximum absolute atomic E-state index is 13.3. The number of amides is 1. The lowest BCUT2D eigenvalue weighted by Gasteiger charge is -2.36. The molecule has 230 valence electrons. The number of carbonyl (C=O) groups is 1. The Morgan fingerprint density at radius 1 is 1.07 bits per heavy atom. The van der Waals surface area contributed by atoms with Crippen LogP contribution in [0, 0.1) is 0 Å². The fourth-order valence-corrected chi connectivity index (χ4v) is 6.49. The molecule has 1 saturated heterocycles. The molecule has 1 amide bonds. The van der Waals surface area contributed by atoms with Gasteiger partial charge in [-0.05, 0) is 73.6 Å². The van der Waals surface area contributed by atoms with Gasteiger partial charge in [0.15, 0.2) is 11.0 Å². The van der Waals surface area contributed by atoms with Gasteiger partial charge in [-0.25, -0.2) is 9.67 Å². The van der Waals surface area contributed by atoms with Gasteiger partial charge in [0, 0.05) is 29.5 Å². The van der Waals surface area contributed by atoms with Crippen LogP contribution in [0.5, 0.6) is 5.75 Å². The van der Waals surface area contributed by atoms with Gasteiger partial charge in [-0.15, -0.1) is 18.3 Å². The van der Waals surface area contributed by atoms with Crippen molar-refractivity contribution >= 4 is 28.5 Å². The first kappa shape index (κ1) is 31.3. The van der Waals surface area contributed by atoms with Crippen molar-refractivity contribution in [2.24, 2.45) is 4.99 Å². The first-order valence-electron chi connectivity index (χ1n) is 14.6. The van der Waals surface area contributed by atoms with Gasteiger partial charge in [0.2, 0.25) is 5.91 Å². The van der Waals surface area contributed by atoms with Crippen molar-refractivity contribution in [1.82, 2.24) is 14.8 Å². The van der Waals surface area contributed by atoms with Crippen LogP contribution in [0.3, 0.4) is 0 Å². The first-order chi connectivity index (χ1) is 21.1. The van der Waals surface area contributed by atoms with Crippen molar-refractivity contribution in [2.45, 2.75) is 64.8 Å². The lowest BCUT2D eigenvalue weighted by molar-refractivity contribution is -0.274. The molecule has 0 saturated carbocycles. The van der Waals surface area contributed by atoms with Crippen LogP contribution in [0.1, 0.15) is 57.1 Å². The van der Waals surface area contributed by atoms with E-state index in [-0.39, 0.29) is 23.6 Å². The Kier molecular flexibility index (Phi) is 9.73. The zero-order chi connectivity index (χ0) is 31.3. The van der Waals surface area contributed by atoms with Gasteiger partial charge in [0.05, 0.1) is 5.69 Å². The molecule has 0 radical (unpaired) electrons. The maximum Gasteiger partial charge on any atom is 0.573 e. The molecule has 5 rings (SSSR count). The van der Waals surface area contributed by atoms with Crippen molar-refractivity contribution < 1.29 is 22.7 Å². The molecule has 7 nitrogen and oxygen atoms in total. The number of hydrogen-bond acceptors (Lipinski definition) is 5. The minimum Gasteiger partial charge on any atom is -0.406 e. The van der Waals surface area contributed by atoms with Crippen LogP contribution in [0.4, 0.5) is 18.9 Å². The van der Waals surface area contributed by atoms with Crippen LogP contribution in [0.2, 0.25) is 0 Å². The molecular weight excluding hydrogens is 587 g/mol. The van der Waals surface area contributed by atoms with Crippen LogP contribution < -0.4 is 9.64 Å². The van der Waals surface area contributed by atoms with Crippen LogP contribution in [0.25, 0.3) is 17.1 Å². The Balaban J connectivity index is 1.27. The number of nitrogens with zero attached hydrogens (tertiary/aromatic N) is 5. The number of aromatic nitrogens is 3. The number of para-hydroxylation sites is 1. The van der Waals surface area contributed by atoms with Crippen LogP contribution >= 0.6 is 11.8 Å². The second kappa shape index (κ2) is 13.7. The van der Waals surface area contributed by atoms with E-state index in [9.17, 15) is 18.0 Å². The number of rotatable bonds is 9. The number of anilines is 1. The van der Waals surface area contributed by atoms with Crippen molar-refractivity contribution in [2.75, 3.05) is 10.7 Å². The van der Waals surface area contributed by atoms with Crippen molar-refractivity contribution in [1.29, 1.82) is 0 Å². The number of aryl methyl sites for hydroxylation is 1. The van der Waals surface area contributed by atoms with Gasteiger partial charge in [0.25, 0.3) is 0 Å². The topological polar surface area (TPSA) is 72.6 Å². The van der Waals surface area contributed by atoms with Crippen molar-refractivity contribution in [3.8, 4) is 22.8 Å². The van der Waals surface area contributed by atoms with E-state index in [0.717, 1.165) is 47.0 Å². The van der Waals surface area contributed by atoms with Crippen molar-refractivity contribution in [3.05, 3.63) is 90.3 Å². The van der Waals surface area contributed by atoms with Gasteiger partial charge in [0.1, 0.15) is 12.1 Å². The number of thioether (sulfide) groups is 1. The third kappa shape index (κ3) is 7.50. The van der Waals surface area contributed by atoms with E-state index in [4.69, 9.17) is 0 Å². The molecule has 2 heterocycles. The summed E-state index contributed by atoms with van der Waals surface area (Å²) in [7, 11) is 0. The van der Waals surface area contributed by atoms with E-state index in [0.29, 0.717) is 17.9 Å². The van der Waals surface area contributed by atoms with Gasteiger partial charge in [-0.1, -0.05) is 68.1 Å². The molecule has 11 heteroatoms. The molecule has 0 spiro atoms. The number of ether oxygens (including phenoxy) is 1. The summed E-state index contributed by atoms with van der Waals surface area (Å²) in [5.41, 5.74) is 4.71. The Morgan fingerprint density at radius 3 is 2.48 bits per heavy atom. The van der Waals surface area contributed by atoms with E-state index in [1.807, 2.05) is 36.4 Å². The smallest absolute Gasteiger partial charge is 0.406 e. The molecule has 1 aromatic heterocycles. The summed E-state index contributed by atoms with van der Waals surface area (Å²) in [6.07, 6.45) is -0.233. The number of carbonyl (C=O) groups excluding carboxylic acids is 1. The highest BCUT2D eigenvalue weighted by Gasteiger charge is 2.31. The predicted molar refractivity (Wildman–Crippen MR) is 168 cm³/mol. The summed E-state index contributed by atoms with van der Waals surface area (Å²) in [4.78, 5) is 24.5. The Morgan fingerprint density at radius 2 is 1.80 bits per heavy atom. The molecule has 4 aromatic rings. The van der Waals surface area contributed by atoms with Gasteiger partial charge < -0.3 is 9.64 Å². The summed E-state index contributed by atoms with van der Waals surface area (Å²) < 4.78 is 42.8. The molecule has 0 N–H and O–H groups in total. The summed E-state index contributed by atoms with van der Waals surface area (Å²) >= 11 is 1.64. The standard InChI is InChI=1S/C33H34F3N5O2S/c1-4-23-8-6-7-9-29(23)41-22(3)18-19-44-32(41)38-30(42)20-24(5-2)25-10-12-26(13-11-25)31-37-21-40(39-31)27-14-16-28(17-15-27)43-33(34,35)36/h6-17,21-22,24H,4-5,18-20H2,1-3H3. The second-order valence-electron chi connectivity index (χ2n) is 10.6. The van der Waals surface area contributed by atoms with Gasteiger partial charge in [-0.2, -0.15) is 4.99 Å². The lowest BCUT2D eigenvalue weighted by atomic mass is 9.92. The van der Waals surface area contributed by atoms with Gasteiger partial charge in [-0.3, -0.25) is 4.79 Å². The van der Waals surface area contributed by atoms with Crippen LogP contribution in [0.15, 0.2) is 84.1 Å². The highest BCUT2D eigenvalue weighted by atomic mass is 32.2. The third-order valence-corrected chi connectivity index (χ3v) is 8.63. The Hall–Kier alpha value is -4.12. The molecule has 0 aliphatic carbocycles. The number of hydrogen-bond donors (Lipinski definition) is 0. The maximum atomic E-state index is 13.3. The first-order valence-corrected chi connectivity index (χ1v) is 15.6. The normalized spacial score (nSPS) is 17.1. The summed E-state index contributed by atoms with van der Waals surface area (Å²) in [5.74, 6) is 0.963. The predicted octanol–water partition coefficient (Wildman–Crippen LogP) is 8.19. The van der Waals surface area contributed by atoms with Crippen LogP contribution in [-0.2, 0) is 11.2 Å². The quantitative estimate of drug-likeness (QED) is 0.188. The van der Waals surface area contributed by atoms with E-state index in [1.54, 1.807) is 11.8 Å². The highest BCUT2D eigenvalue weighted by molar-refractivity contribution is 8.14. The Bertz CT molecular complexity index is 1600. The third-order valence-electron chi connectivity index (χ3n) is 7.65. The molecular formula is C33H34F3N5O2S. The number of aliphatic imine (C=N–C) groups is 1. The van der Waals surface area contributed by atoms with E-state index in [2.05, 4.69) is 57.6 Å². The summed E-state index contributed by atoms with van der Waals surface area (Å²) in [6.45, 7) is 6.39. The fraction of sp³-hybridized carbons (Fsp3) is 0.333. The monoisotopic (exact) mass is 621 g/mol. The van der Waals surface area contributed by atoms with Crippen molar-refractivity contribution in [3.63, 3.8) is 0 Å². The molecule has 0 bridgehead atoms. The highest BCUT2D eigenvalue weighted by Crippen LogP contribution is 2.33. The molecule has 44 heavy (non-hydrogen) atoms.